The number of carbonyl (C=O) groups is 2. The summed E-state index contributed by atoms with van der Waals surface area (Å²) in [6.07, 6.45) is 0. The van der Waals surface area contributed by atoms with Crippen LogP contribution >= 0.6 is 15.9 Å². The molecule has 1 aromatic heterocycles. The second-order valence-electron chi connectivity index (χ2n) is 7.20. The number of nitrogens with zero attached hydrogens (tertiary/aromatic N) is 2. The minimum Gasteiger partial charge on any atom is -0.507 e. The number of amides is 1. The fourth-order valence-electron chi connectivity index (χ4n) is 3.68. The molecular weight excluding hydrogens is 464 g/mol. The van der Waals surface area contributed by atoms with Crippen LogP contribution in [-0.2, 0) is 9.59 Å². The first-order valence-corrected chi connectivity index (χ1v) is 10.3. The Labute approximate surface area is 187 Å². The summed E-state index contributed by atoms with van der Waals surface area (Å²) >= 11 is 3.40. The van der Waals surface area contributed by atoms with Gasteiger partial charge in [-0.3, -0.25) is 14.5 Å². The Bertz CT molecular complexity index is 1210. The molecule has 1 N–H and O–H groups in total. The van der Waals surface area contributed by atoms with E-state index in [1.54, 1.807) is 62.6 Å². The van der Waals surface area contributed by atoms with Crippen molar-refractivity contribution in [3.63, 3.8) is 0 Å². The van der Waals surface area contributed by atoms with Gasteiger partial charge in [0.15, 0.2) is 5.82 Å². The predicted molar refractivity (Wildman–Crippen MR) is 118 cm³/mol. The van der Waals surface area contributed by atoms with Crippen LogP contribution in [0.2, 0.25) is 0 Å². The van der Waals surface area contributed by atoms with Crippen molar-refractivity contribution in [2.75, 3.05) is 12.0 Å². The number of aromatic nitrogens is 1. The molecule has 0 radical (unpaired) electrons. The van der Waals surface area contributed by atoms with Gasteiger partial charge in [0.1, 0.15) is 17.3 Å². The molecule has 0 spiro atoms. The van der Waals surface area contributed by atoms with Gasteiger partial charge in [-0.15, -0.1) is 0 Å². The van der Waals surface area contributed by atoms with Crippen molar-refractivity contribution in [2.45, 2.75) is 19.9 Å². The Morgan fingerprint density at radius 1 is 1.13 bits per heavy atom. The summed E-state index contributed by atoms with van der Waals surface area (Å²) < 4.78 is 11.2. The lowest BCUT2D eigenvalue weighted by atomic mass is 9.95. The quantitative estimate of drug-likeness (QED) is 0.329. The van der Waals surface area contributed by atoms with Crippen LogP contribution in [0.15, 0.2) is 63.1 Å². The summed E-state index contributed by atoms with van der Waals surface area (Å²) in [6.45, 7) is 3.53. The van der Waals surface area contributed by atoms with Gasteiger partial charge in [-0.05, 0) is 55.3 Å². The third-order valence-electron chi connectivity index (χ3n) is 5.16. The van der Waals surface area contributed by atoms with Crippen molar-refractivity contribution in [1.82, 2.24) is 5.16 Å². The number of carbonyl (C=O) groups excluding carboxylic acids is 2. The average molecular weight is 483 g/mol. The first-order valence-electron chi connectivity index (χ1n) is 9.46. The number of aryl methyl sites for hydroxylation is 2. The van der Waals surface area contributed by atoms with Gasteiger partial charge >= 0.3 is 5.91 Å². The zero-order chi connectivity index (χ0) is 22.3. The molecule has 0 unspecified atom stereocenters. The average Bonchev–Trinajstić information content (AvgIpc) is 3.29. The van der Waals surface area contributed by atoms with Gasteiger partial charge in [0.05, 0.1) is 18.7 Å². The third kappa shape index (κ3) is 3.63. The number of ether oxygens (including phenoxy) is 1. The summed E-state index contributed by atoms with van der Waals surface area (Å²) in [7, 11) is 1.56. The minimum absolute atomic E-state index is 0.0162. The van der Waals surface area contributed by atoms with Gasteiger partial charge in [-0.25, -0.2) is 0 Å². The van der Waals surface area contributed by atoms with E-state index in [4.69, 9.17) is 9.26 Å². The van der Waals surface area contributed by atoms with E-state index < -0.39 is 17.7 Å². The molecule has 2 aromatic carbocycles. The molecule has 1 saturated heterocycles. The number of hydrogen-bond donors (Lipinski definition) is 1. The molecular formula is C23H19BrN2O5. The van der Waals surface area contributed by atoms with Crippen molar-refractivity contribution in [1.29, 1.82) is 0 Å². The van der Waals surface area contributed by atoms with Gasteiger partial charge < -0.3 is 14.4 Å². The molecule has 2 heterocycles. The van der Waals surface area contributed by atoms with Gasteiger partial charge in [0.25, 0.3) is 5.78 Å². The summed E-state index contributed by atoms with van der Waals surface area (Å²) in [5, 5.41) is 15.1. The highest BCUT2D eigenvalue weighted by Crippen LogP contribution is 2.42. The van der Waals surface area contributed by atoms with E-state index in [9.17, 15) is 14.7 Å². The number of aliphatic hydroxyl groups is 1. The van der Waals surface area contributed by atoms with Crippen molar-refractivity contribution in [3.8, 4) is 5.75 Å². The van der Waals surface area contributed by atoms with Crippen LogP contribution in [0, 0.1) is 13.8 Å². The Kier molecular flexibility index (Phi) is 5.41. The smallest absolute Gasteiger partial charge is 0.301 e. The molecule has 1 aliphatic rings. The molecule has 31 heavy (non-hydrogen) atoms. The first-order chi connectivity index (χ1) is 14.8. The van der Waals surface area contributed by atoms with E-state index >= 15 is 0 Å². The largest absolute Gasteiger partial charge is 0.507 e. The van der Waals surface area contributed by atoms with E-state index in [0.29, 0.717) is 22.6 Å². The lowest BCUT2D eigenvalue weighted by molar-refractivity contribution is -0.132. The van der Waals surface area contributed by atoms with Gasteiger partial charge in [0, 0.05) is 16.1 Å². The number of halogens is 1. The fourth-order valence-corrected chi connectivity index (χ4v) is 3.94. The number of methoxy groups -OCH3 is 1. The van der Waals surface area contributed by atoms with Crippen LogP contribution in [0.3, 0.4) is 0 Å². The maximum absolute atomic E-state index is 13.1. The number of rotatable bonds is 4. The molecule has 1 fully saturated rings. The Hall–Kier alpha value is -3.39. The second kappa shape index (κ2) is 8.03. The fraction of sp³-hybridized carbons (Fsp3) is 0.174. The van der Waals surface area contributed by atoms with Crippen LogP contribution < -0.4 is 9.64 Å². The molecule has 158 valence electrons. The van der Waals surface area contributed by atoms with Gasteiger partial charge in [0.2, 0.25) is 0 Å². The molecule has 1 aliphatic heterocycles. The minimum atomic E-state index is -0.861. The molecule has 4 rings (SSSR count). The molecule has 0 saturated carbocycles. The SMILES string of the molecule is COc1ccc(/C(O)=C2\C(=O)C(=O)N(c3cc(C)on3)[C@H]2c2ccc(Br)cc2)cc1C. The summed E-state index contributed by atoms with van der Waals surface area (Å²) in [5.74, 6) is -0.485. The topological polar surface area (TPSA) is 92.9 Å². The molecule has 1 atom stereocenters. The highest BCUT2D eigenvalue weighted by atomic mass is 79.9. The Morgan fingerprint density at radius 2 is 1.84 bits per heavy atom. The van der Waals surface area contributed by atoms with Crippen LogP contribution in [0.1, 0.15) is 28.5 Å². The maximum Gasteiger partial charge on any atom is 0.301 e. The predicted octanol–water partition coefficient (Wildman–Crippen LogP) is 4.69. The Balaban J connectivity index is 1.93. The first kappa shape index (κ1) is 20.9. The van der Waals surface area contributed by atoms with Gasteiger partial charge in [-0.1, -0.05) is 33.2 Å². The number of hydrogen-bond acceptors (Lipinski definition) is 6. The van der Waals surface area contributed by atoms with E-state index in [-0.39, 0.29) is 17.2 Å². The van der Waals surface area contributed by atoms with Crippen molar-refractivity contribution in [2.24, 2.45) is 0 Å². The normalized spacial score (nSPS) is 17.9. The van der Waals surface area contributed by atoms with E-state index in [0.717, 1.165) is 10.0 Å². The lowest BCUT2D eigenvalue weighted by Gasteiger charge is -2.23. The lowest BCUT2D eigenvalue weighted by Crippen LogP contribution is -2.29. The van der Waals surface area contributed by atoms with E-state index in [1.807, 2.05) is 6.92 Å². The van der Waals surface area contributed by atoms with Crippen LogP contribution in [0.4, 0.5) is 5.82 Å². The monoisotopic (exact) mass is 482 g/mol. The third-order valence-corrected chi connectivity index (χ3v) is 5.69. The number of anilines is 1. The number of ketones is 1. The zero-order valence-electron chi connectivity index (χ0n) is 17.0. The van der Waals surface area contributed by atoms with Crippen LogP contribution in [0.5, 0.6) is 5.75 Å². The number of benzene rings is 2. The standard InChI is InChI=1S/C23H19BrN2O5/c1-12-10-15(6-9-17(12)30-3)21(27)19-20(14-4-7-16(24)8-5-14)26(23(29)22(19)28)18-11-13(2)31-25-18/h4-11,20,27H,1-3H3/b21-19+/t20-/m0/s1. The summed E-state index contributed by atoms with van der Waals surface area (Å²) in [5.41, 5.74) is 1.83. The number of Topliss-reactive ketones (excluding diaryl/α,β-unsaturated/α-hetero) is 1. The van der Waals surface area contributed by atoms with Crippen LogP contribution in [0.25, 0.3) is 5.76 Å². The number of aliphatic hydroxyl groups excluding tert-OH is 1. The van der Waals surface area contributed by atoms with Gasteiger partial charge in [-0.2, -0.15) is 0 Å². The molecule has 8 heteroatoms. The zero-order valence-corrected chi connectivity index (χ0v) is 18.6. The van der Waals surface area contributed by atoms with E-state index in [1.165, 1.54) is 4.90 Å². The highest BCUT2D eigenvalue weighted by Gasteiger charge is 2.48. The molecule has 0 aliphatic carbocycles. The van der Waals surface area contributed by atoms with Crippen molar-refractivity contribution >= 4 is 39.2 Å². The second-order valence-corrected chi connectivity index (χ2v) is 8.12. The Morgan fingerprint density at radius 3 is 2.42 bits per heavy atom. The van der Waals surface area contributed by atoms with Crippen LogP contribution in [-0.4, -0.2) is 29.1 Å². The highest BCUT2D eigenvalue weighted by molar-refractivity contribution is 9.10. The van der Waals surface area contributed by atoms with Crippen molar-refractivity contribution in [3.05, 3.63) is 81.0 Å². The summed E-state index contributed by atoms with van der Waals surface area (Å²) in [6, 6.07) is 13.0. The molecule has 0 bridgehead atoms. The maximum atomic E-state index is 13.1. The summed E-state index contributed by atoms with van der Waals surface area (Å²) in [4.78, 5) is 27.3. The van der Waals surface area contributed by atoms with E-state index in [2.05, 4.69) is 21.1 Å². The molecule has 3 aromatic rings. The molecule has 7 nitrogen and oxygen atoms in total. The molecule has 1 amide bonds. The van der Waals surface area contributed by atoms with Crippen molar-refractivity contribution < 1.29 is 24.0 Å².